The van der Waals surface area contributed by atoms with Crippen molar-refractivity contribution in [3.8, 4) is 5.75 Å². The highest BCUT2D eigenvalue weighted by Crippen LogP contribution is 2.25. The van der Waals surface area contributed by atoms with E-state index < -0.39 is 0 Å². The largest absolute Gasteiger partial charge is 0.497 e. The standard InChI is InChI=1S/C20H19N5O2S/c1-25-16-6-4-3-5-15(16)18-19(25)22-20(24-23-18)28-12-17(26)21-11-13-7-9-14(27-2)10-8-13/h3-10H,11-12H2,1-2H3,(H,21,26). The lowest BCUT2D eigenvalue weighted by Crippen LogP contribution is -2.24. The van der Waals surface area contributed by atoms with Gasteiger partial charge in [-0.3, -0.25) is 4.79 Å². The SMILES string of the molecule is COc1ccc(CNC(=O)CSc2nnc3c4ccccc4n(C)c3n2)cc1. The van der Waals surface area contributed by atoms with Crippen LogP contribution in [0.1, 0.15) is 5.56 Å². The maximum absolute atomic E-state index is 12.1. The Hall–Kier alpha value is -3.13. The molecule has 0 bridgehead atoms. The zero-order chi connectivity index (χ0) is 19.5. The summed E-state index contributed by atoms with van der Waals surface area (Å²) >= 11 is 1.27. The molecule has 8 heteroatoms. The molecule has 1 N–H and O–H groups in total. The molecule has 0 atom stereocenters. The molecule has 0 unspecified atom stereocenters. The number of ether oxygens (including phenoxy) is 1. The number of nitrogens with one attached hydrogen (secondary N) is 1. The third-order valence-electron chi connectivity index (χ3n) is 4.47. The van der Waals surface area contributed by atoms with E-state index in [0.717, 1.165) is 33.4 Å². The topological polar surface area (TPSA) is 81.9 Å². The first-order chi connectivity index (χ1) is 13.7. The number of thioether (sulfide) groups is 1. The molecule has 2 heterocycles. The van der Waals surface area contributed by atoms with E-state index in [-0.39, 0.29) is 11.7 Å². The van der Waals surface area contributed by atoms with Gasteiger partial charge in [0.05, 0.1) is 18.4 Å². The van der Waals surface area contributed by atoms with E-state index in [1.54, 1.807) is 7.11 Å². The van der Waals surface area contributed by atoms with Gasteiger partial charge in [0.1, 0.15) is 11.3 Å². The van der Waals surface area contributed by atoms with Gasteiger partial charge in [-0.2, -0.15) is 0 Å². The van der Waals surface area contributed by atoms with Crippen LogP contribution in [-0.2, 0) is 18.4 Å². The lowest BCUT2D eigenvalue weighted by atomic mass is 10.2. The number of carbonyl (C=O) groups is 1. The molecule has 4 rings (SSSR count). The van der Waals surface area contributed by atoms with Gasteiger partial charge in [0.25, 0.3) is 0 Å². The molecule has 0 aliphatic heterocycles. The highest BCUT2D eigenvalue weighted by molar-refractivity contribution is 7.99. The fraction of sp³-hybridized carbons (Fsp3) is 0.200. The zero-order valence-corrected chi connectivity index (χ0v) is 16.4. The van der Waals surface area contributed by atoms with Crippen molar-refractivity contribution >= 4 is 39.7 Å². The van der Waals surface area contributed by atoms with Gasteiger partial charge in [0.2, 0.25) is 11.1 Å². The van der Waals surface area contributed by atoms with E-state index >= 15 is 0 Å². The molecule has 0 aliphatic carbocycles. The molecule has 142 valence electrons. The molecular formula is C20H19N5O2S. The third kappa shape index (κ3) is 3.63. The van der Waals surface area contributed by atoms with Crippen LogP contribution in [0.4, 0.5) is 0 Å². The van der Waals surface area contributed by atoms with Crippen LogP contribution in [0, 0.1) is 0 Å². The number of aromatic nitrogens is 4. The number of fused-ring (bicyclic) bond motifs is 3. The average molecular weight is 393 g/mol. The van der Waals surface area contributed by atoms with Crippen molar-refractivity contribution in [1.82, 2.24) is 25.1 Å². The van der Waals surface area contributed by atoms with Gasteiger partial charge in [-0.05, 0) is 23.8 Å². The van der Waals surface area contributed by atoms with Crippen LogP contribution < -0.4 is 10.1 Å². The number of amides is 1. The normalized spacial score (nSPS) is 11.1. The molecule has 0 saturated heterocycles. The van der Waals surface area contributed by atoms with E-state index in [1.807, 2.05) is 60.1 Å². The molecule has 0 radical (unpaired) electrons. The predicted octanol–water partition coefficient (Wildman–Crippen LogP) is 2.93. The monoisotopic (exact) mass is 393 g/mol. The van der Waals surface area contributed by atoms with E-state index in [2.05, 4.69) is 20.5 Å². The number of para-hydroxylation sites is 1. The summed E-state index contributed by atoms with van der Waals surface area (Å²) < 4.78 is 7.12. The van der Waals surface area contributed by atoms with Gasteiger partial charge < -0.3 is 14.6 Å². The summed E-state index contributed by atoms with van der Waals surface area (Å²) in [6.07, 6.45) is 0. The molecule has 0 aliphatic rings. The molecule has 0 fully saturated rings. The second kappa shape index (κ2) is 7.85. The summed E-state index contributed by atoms with van der Waals surface area (Å²) in [6, 6.07) is 15.6. The van der Waals surface area contributed by atoms with Crippen molar-refractivity contribution < 1.29 is 9.53 Å². The number of carbonyl (C=O) groups excluding carboxylic acids is 1. The Morgan fingerprint density at radius 2 is 1.93 bits per heavy atom. The van der Waals surface area contributed by atoms with Crippen molar-refractivity contribution in [3.05, 3.63) is 54.1 Å². The smallest absolute Gasteiger partial charge is 0.230 e. The Labute approximate surface area is 166 Å². The second-order valence-corrected chi connectivity index (χ2v) is 7.20. The van der Waals surface area contributed by atoms with Crippen LogP contribution >= 0.6 is 11.8 Å². The van der Waals surface area contributed by atoms with Crippen LogP contribution in [0.25, 0.3) is 22.1 Å². The molecule has 7 nitrogen and oxygen atoms in total. The first-order valence-corrected chi connectivity index (χ1v) is 9.74. The van der Waals surface area contributed by atoms with Crippen LogP contribution in [0.15, 0.2) is 53.7 Å². The maximum Gasteiger partial charge on any atom is 0.230 e. The summed E-state index contributed by atoms with van der Waals surface area (Å²) in [7, 11) is 3.58. The molecule has 2 aromatic carbocycles. The van der Waals surface area contributed by atoms with Crippen molar-refractivity contribution in [3.63, 3.8) is 0 Å². The molecule has 4 aromatic rings. The molecule has 0 spiro atoms. The van der Waals surface area contributed by atoms with Crippen LogP contribution in [0.3, 0.4) is 0 Å². The number of methoxy groups -OCH3 is 1. The summed E-state index contributed by atoms with van der Waals surface area (Å²) in [6.45, 7) is 0.463. The van der Waals surface area contributed by atoms with Gasteiger partial charge in [-0.25, -0.2) is 4.98 Å². The Kier molecular flexibility index (Phi) is 5.12. The number of hydrogen-bond donors (Lipinski definition) is 1. The molecule has 28 heavy (non-hydrogen) atoms. The number of nitrogens with zero attached hydrogens (tertiary/aromatic N) is 4. The summed E-state index contributed by atoms with van der Waals surface area (Å²) in [5, 5.41) is 12.9. The van der Waals surface area contributed by atoms with Crippen LogP contribution in [0.2, 0.25) is 0 Å². The van der Waals surface area contributed by atoms with Crippen molar-refractivity contribution in [2.45, 2.75) is 11.7 Å². The molecule has 0 saturated carbocycles. The maximum atomic E-state index is 12.1. The highest BCUT2D eigenvalue weighted by atomic mass is 32.2. The van der Waals surface area contributed by atoms with Gasteiger partial charge in [0, 0.05) is 19.0 Å². The number of benzene rings is 2. The fourth-order valence-corrected chi connectivity index (χ4v) is 3.59. The minimum Gasteiger partial charge on any atom is -0.497 e. The number of aryl methyl sites for hydroxylation is 1. The quantitative estimate of drug-likeness (QED) is 0.507. The highest BCUT2D eigenvalue weighted by Gasteiger charge is 2.13. The lowest BCUT2D eigenvalue weighted by Gasteiger charge is -2.06. The van der Waals surface area contributed by atoms with Gasteiger partial charge >= 0.3 is 0 Å². The van der Waals surface area contributed by atoms with E-state index in [9.17, 15) is 4.79 Å². The van der Waals surface area contributed by atoms with Crippen LogP contribution in [-0.4, -0.2) is 38.5 Å². The van der Waals surface area contributed by atoms with Crippen molar-refractivity contribution in [2.75, 3.05) is 12.9 Å². The number of hydrogen-bond acceptors (Lipinski definition) is 6. The molecule has 1 amide bonds. The van der Waals surface area contributed by atoms with Crippen LogP contribution in [0.5, 0.6) is 5.75 Å². The fourth-order valence-electron chi connectivity index (χ4n) is 2.98. The minimum atomic E-state index is -0.0819. The van der Waals surface area contributed by atoms with Crippen molar-refractivity contribution in [1.29, 1.82) is 0 Å². The third-order valence-corrected chi connectivity index (χ3v) is 5.31. The first-order valence-electron chi connectivity index (χ1n) is 8.76. The number of rotatable bonds is 6. The second-order valence-electron chi connectivity index (χ2n) is 6.26. The lowest BCUT2D eigenvalue weighted by molar-refractivity contribution is -0.118. The zero-order valence-electron chi connectivity index (χ0n) is 15.5. The molecule has 2 aromatic heterocycles. The molecular weight excluding hydrogens is 374 g/mol. The Morgan fingerprint density at radius 1 is 1.14 bits per heavy atom. The van der Waals surface area contributed by atoms with E-state index in [4.69, 9.17) is 4.74 Å². The summed E-state index contributed by atoms with van der Waals surface area (Å²) in [5.41, 5.74) is 3.59. The minimum absolute atomic E-state index is 0.0819. The van der Waals surface area contributed by atoms with Crippen molar-refractivity contribution in [2.24, 2.45) is 7.05 Å². The average Bonchev–Trinajstić information content (AvgIpc) is 3.03. The summed E-state index contributed by atoms with van der Waals surface area (Å²) in [5.74, 6) is 0.938. The summed E-state index contributed by atoms with van der Waals surface area (Å²) in [4.78, 5) is 16.7. The predicted molar refractivity (Wildman–Crippen MR) is 109 cm³/mol. The Balaban J connectivity index is 1.40. The van der Waals surface area contributed by atoms with E-state index in [1.165, 1.54) is 11.8 Å². The Morgan fingerprint density at radius 3 is 2.71 bits per heavy atom. The van der Waals surface area contributed by atoms with Gasteiger partial charge in [-0.15, -0.1) is 10.2 Å². The van der Waals surface area contributed by atoms with E-state index in [0.29, 0.717) is 11.7 Å². The van der Waals surface area contributed by atoms with Gasteiger partial charge in [0.15, 0.2) is 5.65 Å². The first kappa shape index (κ1) is 18.2. The van der Waals surface area contributed by atoms with Gasteiger partial charge in [-0.1, -0.05) is 42.1 Å². The Bertz CT molecular complexity index is 1140.